The van der Waals surface area contributed by atoms with Gasteiger partial charge in [0.05, 0.1) is 26.5 Å². The third-order valence-corrected chi connectivity index (χ3v) is 1.92. The average molecular weight is 233 g/mol. The fourth-order valence-electron chi connectivity index (χ4n) is 1.15. The Morgan fingerprint density at radius 3 is 2.29 bits per heavy atom. The van der Waals surface area contributed by atoms with Gasteiger partial charge in [0.1, 0.15) is 5.75 Å². The van der Waals surface area contributed by atoms with E-state index in [1.165, 1.54) is 14.2 Å². The lowest BCUT2D eigenvalue weighted by Crippen LogP contribution is -1.97. The normalized spacial score (nSPS) is 9.76. The van der Waals surface area contributed by atoms with Gasteiger partial charge in [-0.05, 0) is 12.1 Å². The summed E-state index contributed by atoms with van der Waals surface area (Å²) in [6.45, 7) is 0. The van der Waals surface area contributed by atoms with Crippen molar-refractivity contribution in [2.24, 2.45) is 0 Å². The van der Waals surface area contributed by atoms with Crippen molar-refractivity contribution in [2.45, 2.75) is 0 Å². The van der Waals surface area contributed by atoms with Crippen molar-refractivity contribution in [3.8, 4) is 23.5 Å². The summed E-state index contributed by atoms with van der Waals surface area (Å²) in [5.74, 6) is 1.29. The summed E-state index contributed by atoms with van der Waals surface area (Å²) in [6.07, 6.45) is 3.22. The van der Waals surface area contributed by atoms with E-state index in [0.717, 1.165) is 0 Å². The first-order chi connectivity index (χ1) is 8.31. The molecule has 88 valence electrons. The van der Waals surface area contributed by atoms with Gasteiger partial charge in [0.15, 0.2) is 0 Å². The quantitative estimate of drug-likeness (QED) is 0.800. The van der Waals surface area contributed by atoms with Gasteiger partial charge < -0.3 is 14.2 Å². The maximum absolute atomic E-state index is 5.42. The van der Waals surface area contributed by atoms with Crippen molar-refractivity contribution in [3.63, 3.8) is 0 Å². The molecule has 2 rings (SSSR count). The van der Waals surface area contributed by atoms with E-state index >= 15 is 0 Å². The number of methoxy groups -OCH3 is 2. The SMILES string of the molecule is COc1cc(OC)nc(Oc2cccnc2)n1. The molecule has 0 saturated carbocycles. The standard InChI is InChI=1S/C11H11N3O3/c1-15-9-6-10(16-2)14-11(13-9)17-8-4-3-5-12-7-8/h3-7H,1-2H3. The van der Waals surface area contributed by atoms with Crippen molar-refractivity contribution in [1.29, 1.82) is 0 Å². The van der Waals surface area contributed by atoms with Crippen LogP contribution < -0.4 is 14.2 Å². The zero-order chi connectivity index (χ0) is 12.1. The van der Waals surface area contributed by atoms with E-state index in [1.54, 1.807) is 30.6 Å². The molecule has 0 N–H and O–H groups in total. The summed E-state index contributed by atoms with van der Waals surface area (Å²) in [4.78, 5) is 12.0. The van der Waals surface area contributed by atoms with Crippen molar-refractivity contribution in [2.75, 3.05) is 14.2 Å². The molecule has 0 saturated heterocycles. The highest BCUT2D eigenvalue weighted by atomic mass is 16.5. The highest BCUT2D eigenvalue weighted by molar-refractivity contribution is 5.26. The minimum Gasteiger partial charge on any atom is -0.481 e. The highest BCUT2D eigenvalue weighted by Gasteiger charge is 2.07. The third kappa shape index (κ3) is 2.81. The molecule has 0 bridgehead atoms. The number of hydrogen-bond donors (Lipinski definition) is 0. The summed E-state index contributed by atoms with van der Waals surface area (Å²) in [6, 6.07) is 5.22. The average Bonchev–Trinajstić information content (AvgIpc) is 2.39. The highest BCUT2D eigenvalue weighted by Crippen LogP contribution is 2.22. The van der Waals surface area contributed by atoms with Crippen molar-refractivity contribution in [3.05, 3.63) is 30.6 Å². The maximum Gasteiger partial charge on any atom is 0.328 e. The lowest BCUT2D eigenvalue weighted by atomic mass is 10.5. The van der Waals surface area contributed by atoms with Gasteiger partial charge >= 0.3 is 6.01 Å². The Balaban J connectivity index is 2.26. The van der Waals surface area contributed by atoms with Crippen LogP contribution in [0.4, 0.5) is 0 Å². The van der Waals surface area contributed by atoms with E-state index < -0.39 is 0 Å². The van der Waals surface area contributed by atoms with Gasteiger partial charge in [0, 0.05) is 6.20 Å². The predicted molar refractivity (Wildman–Crippen MR) is 59.4 cm³/mol. The first-order valence-corrected chi connectivity index (χ1v) is 4.87. The minimum absolute atomic E-state index is 0.147. The minimum atomic E-state index is 0.147. The molecular weight excluding hydrogens is 222 g/mol. The fourth-order valence-corrected chi connectivity index (χ4v) is 1.15. The van der Waals surface area contributed by atoms with Crippen LogP contribution in [0.25, 0.3) is 0 Å². The Labute approximate surface area is 98.2 Å². The molecule has 0 aliphatic rings. The molecule has 2 aromatic rings. The number of pyridine rings is 1. The fraction of sp³-hybridized carbons (Fsp3) is 0.182. The van der Waals surface area contributed by atoms with E-state index in [1.807, 2.05) is 0 Å². The second-order valence-corrected chi connectivity index (χ2v) is 3.03. The molecule has 0 fully saturated rings. The summed E-state index contributed by atoms with van der Waals surface area (Å²) >= 11 is 0. The molecule has 0 radical (unpaired) electrons. The second kappa shape index (κ2) is 5.11. The van der Waals surface area contributed by atoms with Crippen molar-refractivity contribution >= 4 is 0 Å². The molecule has 0 spiro atoms. The summed E-state index contributed by atoms with van der Waals surface area (Å²) < 4.78 is 15.4. The lowest BCUT2D eigenvalue weighted by Gasteiger charge is -2.06. The van der Waals surface area contributed by atoms with Crippen LogP contribution in [0, 0.1) is 0 Å². The predicted octanol–water partition coefficient (Wildman–Crippen LogP) is 1.68. The van der Waals surface area contributed by atoms with Gasteiger partial charge in [0.2, 0.25) is 11.8 Å². The van der Waals surface area contributed by atoms with Crippen LogP contribution in [0.1, 0.15) is 0 Å². The number of aromatic nitrogens is 3. The molecule has 6 heteroatoms. The van der Waals surface area contributed by atoms with E-state index in [9.17, 15) is 0 Å². The molecule has 2 aromatic heterocycles. The third-order valence-electron chi connectivity index (χ3n) is 1.92. The number of rotatable bonds is 4. The molecule has 2 heterocycles. The Morgan fingerprint density at radius 1 is 1.06 bits per heavy atom. The molecule has 17 heavy (non-hydrogen) atoms. The van der Waals surface area contributed by atoms with E-state index in [0.29, 0.717) is 17.5 Å². The molecule has 0 atom stereocenters. The van der Waals surface area contributed by atoms with Crippen LogP contribution in [-0.2, 0) is 0 Å². The zero-order valence-corrected chi connectivity index (χ0v) is 9.45. The van der Waals surface area contributed by atoms with Crippen LogP contribution in [0.3, 0.4) is 0 Å². The van der Waals surface area contributed by atoms with Crippen molar-refractivity contribution < 1.29 is 14.2 Å². The topological polar surface area (TPSA) is 66.4 Å². The summed E-state index contributed by atoms with van der Waals surface area (Å²) in [7, 11) is 3.02. The van der Waals surface area contributed by atoms with E-state index in [2.05, 4.69) is 15.0 Å². The van der Waals surface area contributed by atoms with Gasteiger partial charge in [0.25, 0.3) is 0 Å². The molecule has 0 aliphatic heterocycles. The first kappa shape index (κ1) is 11.1. The largest absolute Gasteiger partial charge is 0.481 e. The van der Waals surface area contributed by atoms with Gasteiger partial charge in [-0.3, -0.25) is 4.98 Å². The lowest BCUT2D eigenvalue weighted by molar-refractivity contribution is 0.347. The molecule has 0 unspecified atom stereocenters. The zero-order valence-electron chi connectivity index (χ0n) is 9.45. The van der Waals surface area contributed by atoms with Crippen molar-refractivity contribution in [1.82, 2.24) is 15.0 Å². The molecule has 0 amide bonds. The molecular formula is C11H11N3O3. The van der Waals surface area contributed by atoms with Gasteiger partial charge in [-0.25, -0.2) is 0 Å². The monoisotopic (exact) mass is 233 g/mol. The van der Waals surface area contributed by atoms with Crippen LogP contribution in [0.15, 0.2) is 30.6 Å². The Hall–Kier alpha value is -2.37. The van der Waals surface area contributed by atoms with Crippen LogP contribution >= 0.6 is 0 Å². The number of ether oxygens (including phenoxy) is 3. The second-order valence-electron chi connectivity index (χ2n) is 3.03. The Kier molecular flexibility index (Phi) is 3.34. The smallest absolute Gasteiger partial charge is 0.328 e. The van der Waals surface area contributed by atoms with Gasteiger partial charge in [-0.2, -0.15) is 9.97 Å². The maximum atomic E-state index is 5.42. The number of hydrogen-bond acceptors (Lipinski definition) is 6. The molecule has 0 aromatic carbocycles. The van der Waals surface area contributed by atoms with E-state index in [-0.39, 0.29) is 6.01 Å². The first-order valence-electron chi connectivity index (χ1n) is 4.87. The molecule has 0 aliphatic carbocycles. The van der Waals surface area contributed by atoms with E-state index in [4.69, 9.17) is 14.2 Å². The van der Waals surface area contributed by atoms with Crippen LogP contribution in [0.2, 0.25) is 0 Å². The van der Waals surface area contributed by atoms with Crippen LogP contribution in [0.5, 0.6) is 23.5 Å². The Morgan fingerprint density at radius 2 is 1.76 bits per heavy atom. The summed E-state index contributed by atoms with van der Waals surface area (Å²) in [5, 5.41) is 0. The van der Waals surface area contributed by atoms with Crippen LogP contribution in [-0.4, -0.2) is 29.2 Å². The van der Waals surface area contributed by atoms with Gasteiger partial charge in [-0.1, -0.05) is 0 Å². The van der Waals surface area contributed by atoms with Gasteiger partial charge in [-0.15, -0.1) is 0 Å². The number of nitrogens with zero attached hydrogens (tertiary/aromatic N) is 3. The molecule has 6 nitrogen and oxygen atoms in total. The summed E-state index contributed by atoms with van der Waals surface area (Å²) in [5.41, 5.74) is 0. The Bertz CT molecular complexity index is 468.